The van der Waals surface area contributed by atoms with E-state index in [0.29, 0.717) is 18.9 Å². The van der Waals surface area contributed by atoms with E-state index < -0.39 is 5.97 Å². The lowest BCUT2D eigenvalue weighted by Gasteiger charge is -2.17. The number of hydrogen-bond acceptors (Lipinski definition) is 6. The molecule has 7 nitrogen and oxygen atoms in total. The number of anilines is 1. The van der Waals surface area contributed by atoms with E-state index in [1.165, 1.54) is 0 Å². The number of aromatic nitrogens is 1. The van der Waals surface area contributed by atoms with Crippen LogP contribution in [0.1, 0.15) is 23.0 Å². The van der Waals surface area contributed by atoms with Gasteiger partial charge in [0.15, 0.2) is 0 Å². The molecule has 2 atom stereocenters. The van der Waals surface area contributed by atoms with Crippen molar-refractivity contribution in [1.82, 2.24) is 9.69 Å². The first-order valence-electron chi connectivity index (χ1n) is 6.36. The van der Waals surface area contributed by atoms with E-state index in [0.717, 1.165) is 18.1 Å². The second-order valence-corrected chi connectivity index (χ2v) is 5.35. The molecule has 20 heavy (non-hydrogen) atoms. The molecular weight excluding hydrogens is 282 g/mol. The van der Waals surface area contributed by atoms with Crippen LogP contribution in [0.4, 0.5) is 5.00 Å². The van der Waals surface area contributed by atoms with Gasteiger partial charge in [0.2, 0.25) is 5.91 Å². The van der Waals surface area contributed by atoms with E-state index in [9.17, 15) is 9.59 Å². The average molecular weight is 299 g/mol. The number of carbonyl (C=O) groups excluding carboxylic acids is 1. The average Bonchev–Trinajstić information content (AvgIpc) is 2.97. The lowest BCUT2D eigenvalue weighted by Crippen LogP contribution is -2.41. The van der Waals surface area contributed by atoms with Crippen LogP contribution < -0.4 is 10.6 Å². The summed E-state index contributed by atoms with van der Waals surface area (Å²) in [6.45, 7) is 5.14. The first-order valence-corrected chi connectivity index (χ1v) is 7.13. The molecule has 0 spiro atoms. The van der Waals surface area contributed by atoms with E-state index in [4.69, 9.17) is 9.84 Å². The topological polar surface area (TPSA) is 101 Å². The van der Waals surface area contributed by atoms with Gasteiger partial charge in [-0.15, -0.1) is 0 Å². The van der Waals surface area contributed by atoms with E-state index >= 15 is 0 Å². The Bertz CT molecular complexity index is 517. The molecule has 3 N–H and O–H groups in total. The lowest BCUT2D eigenvalue weighted by molar-refractivity contribution is -0.120. The summed E-state index contributed by atoms with van der Waals surface area (Å²) < 4.78 is 9.28. The molecule has 2 unspecified atom stereocenters. The number of rotatable bonds is 5. The number of aryl methyl sites for hydroxylation is 1. The summed E-state index contributed by atoms with van der Waals surface area (Å²) in [5.74, 6) is -1.64. The van der Waals surface area contributed by atoms with Crippen molar-refractivity contribution < 1.29 is 19.4 Å². The van der Waals surface area contributed by atoms with Gasteiger partial charge in [0.25, 0.3) is 0 Å². The van der Waals surface area contributed by atoms with Crippen molar-refractivity contribution in [3.63, 3.8) is 0 Å². The van der Waals surface area contributed by atoms with Crippen molar-refractivity contribution >= 4 is 28.4 Å². The van der Waals surface area contributed by atoms with Gasteiger partial charge in [-0.25, -0.2) is 4.79 Å². The molecule has 1 aliphatic heterocycles. The summed E-state index contributed by atoms with van der Waals surface area (Å²) in [6, 6.07) is -0.0395. The lowest BCUT2D eigenvalue weighted by atomic mass is 10.0. The minimum absolute atomic E-state index is 0.0395. The van der Waals surface area contributed by atoms with Crippen molar-refractivity contribution in [2.75, 3.05) is 25.1 Å². The number of hydrogen-bond donors (Lipinski definition) is 3. The number of likely N-dealkylation sites (N-methyl/N-ethyl adjacent to an activating group) is 1. The summed E-state index contributed by atoms with van der Waals surface area (Å²) in [5.41, 5.74) is 0.464. The molecule has 0 aliphatic carbocycles. The molecule has 1 fully saturated rings. The van der Waals surface area contributed by atoms with Gasteiger partial charge < -0.3 is 20.5 Å². The van der Waals surface area contributed by atoms with Gasteiger partial charge in [-0.2, -0.15) is 4.37 Å². The third kappa shape index (κ3) is 2.97. The van der Waals surface area contributed by atoms with Gasteiger partial charge in [0.05, 0.1) is 24.8 Å². The predicted octanol–water partition coefficient (Wildman–Crippen LogP) is 0.713. The minimum Gasteiger partial charge on any atom is -0.478 e. The zero-order valence-corrected chi connectivity index (χ0v) is 12.1. The Kier molecular flexibility index (Phi) is 4.69. The summed E-state index contributed by atoms with van der Waals surface area (Å²) in [7, 11) is 0. The number of ether oxygens (including phenoxy) is 1. The van der Waals surface area contributed by atoms with Crippen LogP contribution in [-0.2, 0) is 9.53 Å². The van der Waals surface area contributed by atoms with E-state index in [1.54, 1.807) is 6.92 Å². The second kappa shape index (κ2) is 6.29. The summed E-state index contributed by atoms with van der Waals surface area (Å²) in [4.78, 5) is 23.4. The largest absolute Gasteiger partial charge is 0.478 e. The Morgan fingerprint density at radius 2 is 2.25 bits per heavy atom. The number of aromatic carboxylic acids is 1. The highest BCUT2D eigenvalue weighted by molar-refractivity contribution is 7.11. The predicted molar refractivity (Wildman–Crippen MR) is 74.2 cm³/mol. The zero-order chi connectivity index (χ0) is 14.7. The Morgan fingerprint density at radius 3 is 2.90 bits per heavy atom. The Morgan fingerprint density at radius 1 is 1.50 bits per heavy atom. The maximum Gasteiger partial charge on any atom is 0.340 e. The standard InChI is InChI=1S/C12H17N3O4S/c1-3-13-8-5-19-4-7(8)10(16)14-11-9(12(17)18)6(2)15-20-11/h7-8,13H,3-5H2,1-2H3,(H,14,16)(H,17,18). The fourth-order valence-electron chi connectivity index (χ4n) is 2.19. The monoisotopic (exact) mass is 299 g/mol. The van der Waals surface area contributed by atoms with Crippen LogP contribution in [0, 0.1) is 12.8 Å². The zero-order valence-electron chi connectivity index (χ0n) is 11.3. The highest BCUT2D eigenvalue weighted by atomic mass is 32.1. The number of amides is 1. The highest BCUT2D eigenvalue weighted by Crippen LogP contribution is 2.26. The second-order valence-electron chi connectivity index (χ2n) is 4.57. The molecule has 0 bridgehead atoms. The van der Waals surface area contributed by atoms with Crippen molar-refractivity contribution in [2.45, 2.75) is 19.9 Å². The van der Waals surface area contributed by atoms with Crippen LogP contribution in [0.5, 0.6) is 0 Å². The van der Waals surface area contributed by atoms with E-state index in [2.05, 4.69) is 15.0 Å². The molecule has 0 radical (unpaired) electrons. The van der Waals surface area contributed by atoms with Gasteiger partial charge in [0, 0.05) is 6.04 Å². The molecule has 1 aliphatic rings. The number of nitrogens with one attached hydrogen (secondary N) is 2. The van der Waals surface area contributed by atoms with Crippen molar-refractivity contribution in [3.05, 3.63) is 11.3 Å². The molecule has 8 heteroatoms. The summed E-state index contributed by atoms with van der Waals surface area (Å²) in [5, 5.41) is 15.3. The quantitative estimate of drug-likeness (QED) is 0.740. The molecule has 1 aromatic heterocycles. The molecule has 2 heterocycles. The number of carboxylic acid groups (broad SMARTS) is 1. The molecule has 0 saturated carbocycles. The van der Waals surface area contributed by atoms with Crippen LogP contribution in [0.2, 0.25) is 0 Å². The molecule has 110 valence electrons. The molecule has 1 amide bonds. The van der Waals surface area contributed by atoms with Gasteiger partial charge in [0.1, 0.15) is 10.6 Å². The van der Waals surface area contributed by atoms with Crippen LogP contribution in [0.25, 0.3) is 0 Å². The third-order valence-corrected chi connectivity index (χ3v) is 4.05. The van der Waals surface area contributed by atoms with Crippen LogP contribution >= 0.6 is 11.5 Å². The summed E-state index contributed by atoms with van der Waals surface area (Å²) in [6.07, 6.45) is 0. The highest BCUT2D eigenvalue weighted by Gasteiger charge is 2.34. The van der Waals surface area contributed by atoms with Crippen LogP contribution in [0.15, 0.2) is 0 Å². The van der Waals surface area contributed by atoms with Crippen LogP contribution in [0.3, 0.4) is 0 Å². The maximum absolute atomic E-state index is 12.2. The van der Waals surface area contributed by atoms with Gasteiger partial charge in [-0.05, 0) is 25.0 Å². The van der Waals surface area contributed by atoms with Crippen molar-refractivity contribution in [2.24, 2.45) is 5.92 Å². The number of carboxylic acids is 1. The van der Waals surface area contributed by atoms with Gasteiger partial charge >= 0.3 is 5.97 Å². The molecule has 0 aromatic carbocycles. The normalized spacial score (nSPS) is 21.9. The van der Waals surface area contributed by atoms with Crippen LogP contribution in [-0.4, -0.2) is 47.2 Å². The maximum atomic E-state index is 12.2. The fraction of sp³-hybridized carbons (Fsp3) is 0.583. The van der Waals surface area contributed by atoms with Crippen molar-refractivity contribution in [1.29, 1.82) is 0 Å². The smallest absolute Gasteiger partial charge is 0.340 e. The number of carbonyl (C=O) groups is 2. The van der Waals surface area contributed by atoms with E-state index in [1.807, 2.05) is 6.92 Å². The first-order chi connectivity index (χ1) is 9.54. The van der Waals surface area contributed by atoms with Gasteiger partial charge in [-0.3, -0.25) is 4.79 Å². The SMILES string of the molecule is CCNC1COCC1C(=O)Nc1snc(C)c1C(=O)O. The Balaban J connectivity index is 2.10. The molecule has 2 rings (SSSR count). The van der Waals surface area contributed by atoms with Gasteiger partial charge in [-0.1, -0.05) is 6.92 Å². The fourth-order valence-corrected chi connectivity index (χ4v) is 2.98. The summed E-state index contributed by atoms with van der Waals surface area (Å²) >= 11 is 0.982. The third-order valence-electron chi connectivity index (χ3n) is 3.20. The first kappa shape index (κ1) is 14.9. The van der Waals surface area contributed by atoms with E-state index in [-0.39, 0.29) is 28.4 Å². The van der Waals surface area contributed by atoms with Crippen molar-refractivity contribution in [3.8, 4) is 0 Å². The molecular formula is C12H17N3O4S. The Hall–Kier alpha value is -1.51. The molecule has 1 saturated heterocycles. The minimum atomic E-state index is -1.09. The Labute approximate surface area is 120 Å². The molecule has 1 aromatic rings. The number of nitrogens with zero attached hydrogens (tertiary/aromatic N) is 1.